The minimum absolute atomic E-state index is 0.0900. The third-order valence-corrected chi connectivity index (χ3v) is 5.28. The van der Waals surface area contributed by atoms with Crippen LogP contribution in [-0.2, 0) is 14.3 Å². The second-order valence-electron chi connectivity index (χ2n) is 6.54. The molecule has 11 heteroatoms. The average molecular weight is 433 g/mol. The molecule has 0 atom stereocenters. The number of nitrogen functional groups attached to an aromatic ring is 1. The first-order valence-electron chi connectivity index (χ1n) is 9.11. The van der Waals surface area contributed by atoms with Gasteiger partial charge in [0.25, 0.3) is 11.6 Å². The molecule has 1 amide bonds. The zero-order valence-electron chi connectivity index (χ0n) is 16.0. The van der Waals surface area contributed by atoms with E-state index < -0.39 is 29.4 Å². The number of hydrogen-bond donors (Lipinski definition) is 2. The second kappa shape index (κ2) is 8.91. The number of benzene rings is 1. The molecule has 10 nitrogen and oxygen atoms in total. The lowest BCUT2D eigenvalue weighted by atomic mass is 10.1. The van der Waals surface area contributed by atoms with Crippen molar-refractivity contribution in [2.75, 3.05) is 24.3 Å². The molecule has 0 bridgehead atoms. The molecule has 0 radical (unpaired) electrons. The van der Waals surface area contributed by atoms with E-state index in [1.807, 2.05) is 5.38 Å². The van der Waals surface area contributed by atoms with E-state index in [1.165, 1.54) is 11.3 Å². The Morgan fingerprint density at radius 3 is 2.60 bits per heavy atom. The number of hydrogen-bond acceptors (Lipinski definition) is 9. The Balaban J connectivity index is 1.64. The molecule has 1 aromatic carbocycles. The minimum Gasteiger partial charge on any atom is -0.462 e. The summed E-state index contributed by atoms with van der Waals surface area (Å²) in [5.41, 5.74) is 6.35. The van der Waals surface area contributed by atoms with Gasteiger partial charge in [0.2, 0.25) is 0 Å². The Labute approximate surface area is 175 Å². The molecule has 1 saturated carbocycles. The van der Waals surface area contributed by atoms with Gasteiger partial charge < -0.3 is 20.5 Å². The number of ether oxygens (including phenoxy) is 2. The van der Waals surface area contributed by atoms with Crippen molar-refractivity contribution in [2.45, 2.75) is 25.7 Å². The molecular weight excluding hydrogens is 414 g/mol. The number of nitro benzene ring substituents is 1. The van der Waals surface area contributed by atoms with Crippen LogP contribution in [0.3, 0.4) is 0 Å². The first-order valence-corrected chi connectivity index (χ1v) is 9.99. The predicted molar refractivity (Wildman–Crippen MR) is 109 cm³/mol. The smallest absolute Gasteiger partial charge is 0.341 e. The quantitative estimate of drug-likeness (QED) is 0.279. The maximum atomic E-state index is 12.3. The number of nitrogens with one attached hydrogen (secondary N) is 1. The van der Waals surface area contributed by atoms with Crippen LogP contribution in [0.5, 0.6) is 0 Å². The highest BCUT2D eigenvalue weighted by molar-refractivity contribution is 7.15. The zero-order valence-corrected chi connectivity index (χ0v) is 16.8. The Kier molecular flexibility index (Phi) is 6.31. The van der Waals surface area contributed by atoms with E-state index >= 15 is 0 Å². The highest BCUT2D eigenvalue weighted by Crippen LogP contribution is 2.46. The second-order valence-corrected chi connectivity index (χ2v) is 7.42. The summed E-state index contributed by atoms with van der Waals surface area (Å²) in [7, 11) is 0. The van der Waals surface area contributed by atoms with E-state index in [9.17, 15) is 24.5 Å². The van der Waals surface area contributed by atoms with Crippen molar-refractivity contribution in [1.29, 1.82) is 0 Å². The van der Waals surface area contributed by atoms with Gasteiger partial charge in [-0.1, -0.05) is 0 Å². The van der Waals surface area contributed by atoms with Gasteiger partial charge in [0.1, 0.15) is 5.00 Å². The summed E-state index contributed by atoms with van der Waals surface area (Å²) in [5, 5.41) is 15.5. The van der Waals surface area contributed by atoms with Gasteiger partial charge in [0, 0.05) is 12.1 Å². The molecule has 1 heterocycles. The number of nitrogens with two attached hydrogens (primary N) is 1. The van der Waals surface area contributed by atoms with Crippen LogP contribution < -0.4 is 11.1 Å². The molecule has 0 saturated heterocycles. The van der Waals surface area contributed by atoms with Crippen LogP contribution >= 0.6 is 11.3 Å². The summed E-state index contributed by atoms with van der Waals surface area (Å²) in [4.78, 5) is 46.8. The highest BCUT2D eigenvalue weighted by atomic mass is 32.1. The van der Waals surface area contributed by atoms with Gasteiger partial charge in [0.15, 0.2) is 6.61 Å². The molecule has 1 aliphatic carbocycles. The van der Waals surface area contributed by atoms with E-state index in [0.29, 0.717) is 10.6 Å². The van der Waals surface area contributed by atoms with Crippen molar-refractivity contribution in [3.8, 4) is 0 Å². The van der Waals surface area contributed by atoms with Crippen molar-refractivity contribution in [2.24, 2.45) is 0 Å². The lowest BCUT2D eigenvalue weighted by molar-refractivity contribution is -0.384. The third kappa shape index (κ3) is 4.74. The summed E-state index contributed by atoms with van der Waals surface area (Å²) in [6, 6.07) is 3.31. The van der Waals surface area contributed by atoms with Crippen LogP contribution in [0, 0.1) is 10.1 Å². The largest absolute Gasteiger partial charge is 0.462 e. The van der Waals surface area contributed by atoms with Gasteiger partial charge in [0.05, 0.1) is 28.3 Å². The number of thiophene rings is 1. The fourth-order valence-corrected chi connectivity index (χ4v) is 3.84. The maximum Gasteiger partial charge on any atom is 0.341 e. The van der Waals surface area contributed by atoms with Crippen molar-refractivity contribution in [3.05, 3.63) is 50.4 Å². The van der Waals surface area contributed by atoms with Crippen molar-refractivity contribution in [3.63, 3.8) is 0 Å². The molecular formula is C19H19N3O7S. The van der Waals surface area contributed by atoms with Crippen molar-refractivity contribution < 1.29 is 28.8 Å². The summed E-state index contributed by atoms with van der Waals surface area (Å²) in [6.45, 7) is 1.29. The number of non-ortho nitro benzene ring substituents is 1. The summed E-state index contributed by atoms with van der Waals surface area (Å²) >= 11 is 1.21. The fraction of sp³-hybridized carbons (Fsp3) is 0.316. The van der Waals surface area contributed by atoms with Gasteiger partial charge in [-0.05, 0) is 42.7 Å². The Bertz CT molecular complexity index is 1010. The van der Waals surface area contributed by atoms with Crippen LogP contribution in [-0.4, -0.2) is 36.0 Å². The van der Waals surface area contributed by atoms with Crippen molar-refractivity contribution >= 4 is 45.6 Å². The number of nitrogens with zero attached hydrogens (tertiary/aromatic N) is 1. The standard InChI is InChI=1S/C19H19N3O7S/c1-2-28-19(25)16-13(10-3-4-10)9-30-17(16)21-15(23)8-29-18(24)12-6-5-11(22(26)27)7-14(12)20/h5-7,9-10H,2-4,8,20H2,1H3,(H,21,23). The molecule has 0 spiro atoms. The molecule has 3 N–H and O–H groups in total. The number of esters is 2. The number of nitro groups is 1. The molecule has 3 rings (SSSR count). The van der Waals surface area contributed by atoms with E-state index in [0.717, 1.165) is 36.6 Å². The van der Waals surface area contributed by atoms with Gasteiger partial charge in [-0.2, -0.15) is 0 Å². The lowest BCUT2D eigenvalue weighted by Gasteiger charge is -2.09. The van der Waals surface area contributed by atoms with Crippen LogP contribution in [0.25, 0.3) is 0 Å². The Morgan fingerprint density at radius 2 is 2.00 bits per heavy atom. The first-order chi connectivity index (χ1) is 14.3. The normalized spacial score (nSPS) is 12.8. The fourth-order valence-electron chi connectivity index (χ4n) is 2.79. The first kappa shape index (κ1) is 21.2. The molecule has 1 aromatic heterocycles. The molecule has 2 aromatic rings. The Hall–Kier alpha value is -3.47. The Morgan fingerprint density at radius 1 is 1.27 bits per heavy atom. The highest BCUT2D eigenvalue weighted by Gasteiger charge is 2.32. The number of carbonyl (C=O) groups is 3. The topological polar surface area (TPSA) is 151 Å². The van der Waals surface area contributed by atoms with Gasteiger partial charge in [-0.25, -0.2) is 9.59 Å². The molecule has 1 fully saturated rings. The third-order valence-electron chi connectivity index (χ3n) is 4.37. The predicted octanol–water partition coefficient (Wildman–Crippen LogP) is 3.09. The van der Waals surface area contributed by atoms with E-state index in [4.69, 9.17) is 15.2 Å². The average Bonchev–Trinajstić information content (AvgIpc) is 3.46. The van der Waals surface area contributed by atoms with Crippen molar-refractivity contribution in [1.82, 2.24) is 0 Å². The molecule has 0 aliphatic heterocycles. The van der Waals surface area contributed by atoms with Crippen LogP contribution in [0.1, 0.15) is 52.0 Å². The number of carbonyl (C=O) groups excluding carboxylic acids is 3. The summed E-state index contributed by atoms with van der Waals surface area (Å²) in [6.07, 6.45) is 1.95. The molecule has 1 aliphatic rings. The van der Waals surface area contributed by atoms with E-state index in [1.54, 1.807) is 6.92 Å². The molecule has 30 heavy (non-hydrogen) atoms. The van der Waals surface area contributed by atoms with Gasteiger partial charge in [-0.3, -0.25) is 14.9 Å². The monoisotopic (exact) mass is 433 g/mol. The number of amides is 1. The van der Waals surface area contributed by atoms with E-state index in [2.05, 4.69) is 5.32 Å². The van der Waals surface area contributed by atoms with Crippen LogP contribution in [0.4, 0.5) is 16.4 Å². The number of anilines is 2. The van der Waals surface area contributed by atoms with E-state index in [-0.39, 0.29) is 29.5 Å². The lowest BCUT2D eigenvalue weighted by Crippen LogP contribution is -2.22. The van der Waals surface area contributed by atoms with Crippen LogP contribution in [0.2, 0.25) is 0 Å². The maximum absolute atomic E-state index is 12.3. The summed E-state index contributed by atoms with van der Waals surface area (Å²) in [5.74, 6) is -1.76. The molecule has 0 unspecified atom stereocenters. The number of rotatable bonds is 8. The zero-order chi connectivity index (χ0) is 21.8. The van der Waals surface area contributed by atoms with Gasteiger partial charge in [-0.15, -0.1) is 11.3 Å². The minimum atomic E-state index is -0.895. The summed E-state index contributed by atoms with van der Waals surface area (Å²) < 4.78 is 10.0. The van der Waals surface area contributed by atoms with Gasteiger partial charge >= 0.3 is 11.9 Å². The molecule has 158 valence electrons. The SMILES string of the molecule is CCOC(=O)c1c(C2CC2)csc1NC(=O)COC(=O)c1ccc([N+](=O)[O-])cc1N. The van der Waals surface area contributed by atoms with Crippen LogP contribution in [0.15, 0.2) is 23.6 Å².